The van der Waals surface area contributed by atoms with Gasteiger partial charge in [0, 0.05) is 60.1 Å². The molecule has 60 heavy (non-hydrogen) atoms. The zero-order valence-corrected chi connectivity index (χ0v) is 33.3. The molecule has 14 heteroatoms. The Morgan fingerprint density at radius 2 is 1.10 bits per heavy atom. The zero-order valence-electron chi connectivity index (χ0n) is 32.5. The van der Waals surface area contributed by atoms with Crippen LogP contribution in [0.1, 0.15) is 56.8 Å². The molecule has 300 valence electrons. The molecule has 0 saturated heterocycles. The molecule has 9 aromatic heterocycles. The van der Waals surface area contributed by atoms with Crippen molar-refractivity contribution in [1.82, 2.24) is 61.0 Å². The fraction of sp³-hybridized carbons (Fsp3) is 0.0217. The van der Waals surface area contributed by atoms with E-state index in [1.807, 2.05) is 134 Å². The van der Waals surface area contributed by atoms with Crippen LogP contribution >= 0.6 is 11.3 Å². The number of thiophene rings is 1. The minimum absolute atomic E-state index is 0.838. The summed E-state index contributed by atoms with van der Waals surface area (Å²) in [5, 5.41) is 35.5. The number of aromatic nitrogens is 12. The predicted molar refractivity (Wildman–Crippen MR) is 244 cm³/mol. The summed E-state index contributed by atoms with van der Waals surface area (Å²) in [6.07, 6.45) is 43.5. The Labute approximate surface area is 350 Å². The average molecular weight is 813 g/mol. The van der Waals surface area contributed by atoms with Crippen LogP contribution in [-0.4, -0.2) is 61.0 Å². The van der Waals surface area contributed by atoms with Gasteiger partial charge < -0.3 is 14.4 Å². The number of hydrogen-bond donors (Lipinski definition) is 7. The lowest BCUT2D eigenvalue weighted by Gasteiger charge is -1.85. The van der Waals surface area contributed by atoms with E-state index in [9.17, 15) is 0 Å². The highest BCUT2D eigenvalue weighted by molar-refractivity contribution is 7.10. The zero-order chi connectivity index (χ0) is 41.1. The molecule has 0 amide bonds. The third-order valence-electron chi connectivity index (χ3n) is 7.95. The number of aromatic amines is 7. The molecule has 10 rings (SSSR count). The van der Waals surface area contributed by atoms with Crippen molar-refractivity contribution in [2.75, 3.05) is 0 Å². The molecule has 0 aromatic carbocycles. The van der Waals surface area contributed by atoms with Gasteiger partial charge in [0.2, 0.25) is 0 Å². The van der Waals surface area contributed by atoms with Crippen molar-refractivity contribution in [3.63, 3.8) is 0 Å². The van der Waals surface area contributed by atoms with Crippen LogP contribution in [0.2, 0.25) is 0 Å². The number of nitrogens with zero attached hydrogens (tertiary/aromatic N) is 5. The maximum absolute atomic E-state index is 5.11. The first-order valence-corrected chi connectivity index (χ1v) is 19.7. The van der Waals surface area contributed by atoms with Crippen molar-refractivity contribution in [2.24, 2.45) is 0 Å². The molecule has 1 aliphatic rings. The van der Waals surface area contributed by atoms with Gasteiger partial charge >= 0.3 is 0 Å². The highest BCUT2D eigenvalue weighted by Gasteiger charge is 1.93. The third kappa shape index (κ3) is 15.7. The number of nitrogens with one attached hydrogen (secondary N) is 7. The Hall–Kier alpha value is -8.23. The maximum Gasteiger partial charge on any atom is 0.126 e. The van der Waals surface area contributed by atoms with Crippen LogP contribution in [0.25, 0.3) is 54.7 Å². The van der Waals surface area contributed by atoms with E-state index in [4.69, 9.17) is 4.42 Å². The van der Waals surface area contributed by atoms with Crippen molar-refractivity contribution >= 4 is 66.0 Å². The second kappa shape index (κ2) is 24.4. The van der Waals surface area contributed by atoms with Gasteiger partial charge in [-0.25, -0.2) is 0 Å². The predicted octanol–water partition coefficient (Wildman–Crippen LogP) is 10.9. The topological polar surface area (TPSA) is 188 Å². The SMILES string of the molecule is C(=C\c1ccco1)/c1ccn[nH]1.C(=C\c1cccs1)/c1ccn[nH]1.C(=C\c1ccn[nH]1)/c1cc[nH]c1.C(=C\c1ccn[nH]1)/c1ccc[nH]1.C1=CC(/C=C/c2ccn[nH]2)=CC1. The Morgan fingerprint density at radius 1 is 0.517 bits per heavy atom. The molecule has 1 aliphatic carbocycles. The van der Waals surface area contributed by atoms with Gasteiger partial charge in [-0.1, -0.05) is 36.4 Å². The Morgan fingerprint density at radius 3 is 1.57 bits per heavy atom. The lowest BCUT2D eigenvalue weighted by molar-refractivity contribution is 0.557. The van der Waals surface area contributed by atoms with Crippen LogP contribution in [-0.2, 0) is 0 Å². The first-order chi connectivity index (χ1) is 29.7. The van der Waals surface area contributed by atoms with Crippen molar-refractivity contribution < 1.29 is 4.42 Å². The minimum atomic E-state index is 0.838. The number of H-pyrrole nitrogens is 7. The van der Waals surface area contributed by atoms with E-state index in [0.717, 1.165) is 51.9 Å². The number of rotatable bonds is 10. The molecular formula is C46H44N12OS. The summed E-state index contributed by atoms with van der Waals surface area (Å²) in [4.78, 5) is 7.32. The fourth-order valence-corrected chi connectivity index (χ4v) is 5.57. The van der Waals surface area contributed by atoms with Gasteiger partial charge in [-0.05, 0) is 138 Å². The van der Waals surface area contributed by atoms with Crippen molar-refractivity contribution in [2.45, 2.75) is 6.42 Å². The second-order valence-corrected chi connectivity index (χ2v) is 13.3. The molecule has 9 heterocycles. The standard InChI is InChI=1S/C10H10N2.2C9H9N3.C9H8N2O.C9H8N2S/c1-2-4-9(3-1)5-6-10-7-8-11-12-10;1(8-3-5-10-7-8)2-9-4-6-11-12-9;1-2-8(10-6-1)3-4-9-5-7-11-12-9;2*1-2-9(12-7-1)4-3-8-5-6-10-11-8/h1,3-8H,2H2,(H,11,12);2*1-7,10H,(H,11,12);2*1-7H,(H,10,11)/b6-5+;2-1+;3*4-3+. The van der Waals surface area contributed by atoms with E-state index in [1.165, 1.54) is 10.5 Å². The van der Waals surface area contributed by atoms with E-state index in [-0.39, 0.29) is 0 Å². The van der Waals surface area contributed by atoms with Crippen LogP contribution < -0.4 is 0 Å². The summed E-state index contributed by atoms with van der Waals surface area (Å²) in [5.74, 6) is 0.838. The number of hydrogen-bond acceptors (Lipinski definition) is 7. The highest BCUT2D eigenvalue weighted by atomic mass is 32.1. The first-order valence-electron chi connectivity index (χ1n) is 18.8. The van der Waals surface area contributed by atoms with Crippen LogP contribution in [0, 0.1) is 0 Å². The van der Waals surface area contributed by atoms with Gasteiger partial charge in [-0.2, -0.15) is 25.5 Å². The molecule has 13 nitrogen and oxygen atoms in total. The van der Waals surface area contributed by atoms with Crippen molar-refractivity contribution in [1.29, 1.82) is 0 Å². The molecule has 9 aromatic rings. The Kier molecular flexibility index (Phi) is 16.8. The third-order valence-corrected chi connectivity index (χ3v) is 8.79. The van der Waals surface area contributed by atoms with Crippen LogP contribution in [0.4, 0.5) is 0 Å². The van der Waals surface area contributed by atoms with E-state index >= 15 is 0 Å². The van der Waals surface area contributed by atoms with Crippen LogP contribution in [0.3, 0.4) is 0 Å². The molecule has 0 fully saturated rings. The molecule has 0 radical (unpaired) electrons. The molecule has 0 saturated carbocycles. The monoisotopic (exact) mass is 812 g/mol. The van der Waals surface area contributed by atoms with Gasteiger partial charge in [-0.15, -0.1) is 11.3 Å². The Bertz CT molecular complexity index is 2120. The molecule has 0 atom stereocenters. The van der Waals surface area contributed by atoms with E-state index in [0.29, 0.717) is 0 Å². The lowest BCUT2D eigenvalue weighted by atomic mass is 10.2. The molecule has 0 unspecified atom stereocenters. The normalized spacial score (nSPS) is 12.0. The molecule has 0 spiro atoms. The summed E-state index contributed by atoms with van der Waals surface area (Å²) >= 11 is 1.72. The molecule has 0 bridgehead atoms. The van der Waals surface area contributed by atoms with Crippen LogP contribution in [0.5, 0.6) is 0 Å². The summed E-state index contributed by atoms with van der Waals surface area (Å²) in [7, 11) is 0. The number of furan rings is 1. The summed E-state index contributed by atoms with van der Waals surface area (Å²) in [6.45, 7) is 0. The smallest absolute Gasteiger partial charge is 0.126 e. The molecule has 7 N–H and O–H groups in total. The minimum Gasteiger partial charge on any atom is -0.465 e. The van der Waals surface area contributed by atoms with E-state index < -0.39 is 0 Å². The van der Waals surface area contributed by atoms with Gasteiger partial charge in [0.1, 0.15) is 5.76 Å². The average Bonchev–Trinajstić information content (AvgIpc) is 4.13. The van der Waals surface area contributed by atoms with Gasteiger partial charge in [-0.3, -0.25) is 25.5 Å². The fourth-order valence-electron chi connectivity index (χ4n) is 4.95. The molecule has 0 aliphatic heterocycles. The second-order valence-electron chi connectivity index (χ2n) is 12.4. The maximum atomic E-state index is 5.11. The van der Waals surface area contributed by atoms with Crippen molar-refractivity contribution in [3.05, 3.63) is 214 Å². The highest BCUT2D eigenvalue weighted by Crippen LogP contribution is 2.13. The van der Waals surface area contributed by atoms with Crippen molar-refractivity contribution in [3.8, 4) is 0 Å². The van der Waals surface area contributed by atoms with E-state index in [1.54, 1.807) is 48.6 Å². The quantitative estimate of drug-likeness (QED) is 0.0719. The van der Waals surface area contributed by atoms with Gasteiger partial charge in [0.25, 0.3) is 0 Å². The van der Waals surface area contributed by atoms with Crippen LogP contribution in [0.15, 0.2) is 168 Å². The Balaban J connectivity index is 0.000000126. The lowest BCUT2D eigenvalue weighted by Crippen LogP contribution is -1.71. The van der Waals surface area contributed by atoms with Gasteiger partial charge in [0.15, 0.2) is 0 Å². The van der Waals surface area contributed by atoms with Gasteiger partial charge in [0.05, 0.1) is 34.7 Å². The molecular weight excluding hydrogens is 769 g/mol. The largest absolute Gasteiger partial charge is 0.465 e. The summed E-state index contributed by atoms with van der Waals surface area (Å²) in [6, 6.07) is 23.4. The van der Waals surface area contributed by atoms with E-state index in [2.05, 4.69) is 103 Å². The number of allylic oxidation sites excluding steroid dienone is 5. The first kappa shape index (κ1) is 41.4. The summed E-state index contributed by atoms with van der Waals surface area (Å²) < 4.78 is 5.11. The summed E-state index contributed by atoms with van der Waals surface area (Å²) in [5.41, 5.74) is 8.56.